The SMILES string of the molecule is CC[C@H](O)c1ccc(Sc2cccc(F)c2)cc1. The van der Waals surface area contributed by atoms with Crippen molar-refractivity contribution in [1.29, 1.82) is 0 Å². The lowest BCUT2D eigenvalue weighted by atomic mass is 10.1. The Morgan fingerprint density at radius 1 is 1.11 bits per heavy atom. The zero-order valence-electron chi connectivity index (χ0n) is 10.1. The van der Waals surface area contributed by atoms with E-state index in [4.69, 9.17) is 0 Å². The average molecular weight is 262 g/mol. The Hall–Kier alpha value is -1.32. The molecule has 0 aliphatic carbocycles. The van der Waals surface area contributed by atoms with E-state index in [1.165, 1.54) is 23.9 Å². The minimum atomic E-state index is -0.404. The molecule has 0 bridgehead atoms. The molecule has 0 aromatic heterocycles. The largest absolute Gasteiger partial charge is 0.388 e. The maximum atomic E-state index is 13.0. The molecule has 0 aliphatic rings. The van der Waals surface area contributed by atoms with Gasteiger partial charge in [-0.25, -0.2) is 4.39 Å². The van der Waals surface area contributed by atoms with Gasteiger partial charge in [0.2, 0.25) is 0 Å². The molecule has 2 aromatic carbocycles. The highest BCUT2D eigenvalue weighted by Crippen LogP contribution is 2.29. The Morgan fingerprint density at radius 2 is 1.83 bits per heavy atom. The van der Waals surface area contributed by atoms with Crippen molar-refractivity contribution >= 4 is 11.8 Å². The van der Waals surface area contributed by atoms with E-state index in [9.17, 15) is 9.50 Å². The fourth-order valence-electron chi connectivity index (χ4n) is 1.66. The molecule has 0 fully saturated rings. The highest BCUT2D eigenvalue weighted by molar-refractivity contribution is 7.99. The molecule has 3 heteroatoms. The molecule has 0 aliphatic heterocycles. The van der Waals surface area contributed by atoms with Crippen molar-refractivity contribution in [3.8, 4) is 0 Å². The lowest BCUT2D eigenvalue weighted by Gasteiger charge is -2.08. The van der Waals surface area contributed by atoms with Crippen LogP contribution in [0.2, 0.25) is 0 Å². The molecule has 0 radical (unpaired) electrons. The first kappa shape index (κ1) is 13.1. The summed E-state index contributed by atoms with van der Waals surface area (Å²) >= 11 is 1.51. The van der Waals surface area contributed by atoms with Crippen LogP contribution in [-0.4, -0.2) is 5.11 Å². The normalized spacial score (nSPS) is 12.4. The van der Waals surface area contributed by atoms with E-state index in [1.54, 1.807) is 6.07 Å². The standard InChI is InChI=1S/C15H15FOS/c1-2-15(17)11-6-8-13(9-7-11)18-14-5-3-4-12(16)10-14/h3-10,15,17H,2H2,1H3/t15-/m0/s1. The third-order valence-corrected chi connectivity index (χ3v) is 3.68. The van der Waals surface area contributed by atoms with Gasteiger partial charge in [0.25, 0.3) is 0 Å². The number of aliphatic hydroxyl groups excluding tert-OH is 1. The number of hydrogen-bond acceptors (Lipinski definition) is 2. The molecule has 0 saturated carbocycles. The first-order chi connectivity index (χ1) is 8.69. The summed E-state index contributed by atoms with van der Waals surface area (Å²) in [6, 6.07) is 14.2. The number of benzene rings is 2. The Bertz CT molecular complexity index is 510. The molecule has 2 aromatic rings. The molecule has 1 nitrogen and oxygen atoms in total. The second-order valence-corrected chi connectivity index (χ2v) is 5.20. The van der Waals surface area contributed by atoms with E-state index >= 15 is 0 Å². The van der Waals surface area contributed by atoms with Crippen LogP contribution in [0.4, 0.5) is 4.39 Å². The van der Waals surface area contributed by atoms with Crippen LogP contribution >= 0.6 is 11.8 Å². The second-order valence-electron chi connectivity index (χ2n) is 4.05. The molecule has 0 amide bonds. The third kappa shape index (κ3) is 3.34. The maximum Gasteiger partial charge on any atom is 0.124 e. The van der Waals surface area contributed by atoms with Crippen molar-refractivity contribution in [2.24, 2.45) is 0 Å². The summed E-state index contributed by atoms with van der Waals surface area (Å²) in [5.41, 5.74) is 0.918. The maximum absolute atomic E-state index is 13.0. The highest BCUT2D eigenvalue weighted by Gasteiger charge is 2.04. The van der Waals surface area contributed by atoms with Gasteiger partial charge in [-0.1, -0.05) is 36.9 Å². The van der Waals surface area contributed by atoms with E-state index in [0.29, 0.717) is 6.42 Å². The van der Waals surface area contributed by atoms with Gasteiger partial charge >= 0.3 is 0 Å². The number of halogens is 1. The van der Waals surface area contributed by atoms with Crippen LogP contribution in [0, 0.1) is 5.82 Å². The molecule has 18 heavy (non-hydrogen) atoms. The molecule has 0 unspecified atom stereocenters. The van der Waals surface area contributed by atoms with Crippen LogP contribution in [0.25, 0.3) is 0 Å². The van der Waals surface area contributed by atoms with Crippen LogP contribution in [0.3, 0.4) is 0 Å². The van der Waals surface area contributed by atoms with Gasteiger partial charge in [-0.3, -0.25) is 0 Å². The van der Waals surface area contributed by atoms with Crippen LogP contribution < -0.4 is 0 Å². The molecule has 1 atom stereocenters. The molecular weight excluding hydrogens is 247 g/mol. The number of hydrogen-bond donors (Lipinski definition) is 1. The van der Waals surface area contributed by atoms with Gasteiger partial charge in [0.1, 0.15) is 5.82 Å². The Kier molecular flexibility index (Phi) is 4.39. The molecule has 1 N–H and O–H groups in total. The van der Waals surface area contributed by atoms with Crippen molar-refractivity contribution in [2.45, 2.75) is 29.2 Å². The van der Waals surface area contributed by atoms with Gasteiger partial charge in [0, 0.05) is 9.79 Å². The van der Waals surface area contributed by atoms with E-state index < -0.39 is 6.10 Å². The van der Waals surface area contributed by atoms with Crippen molar-refractivity contribution in [1.82, 2.24) is 0 Å². The van der Waals surface area contributed by atoms with Crippen molar-refractivity contribution in [3.05, 3.63) is 59.9 Å². The van der Waals surface area contributed by atoms with Crippen LogP contribution in [0.15, 0.2) is 58.3 Å². The third-order valence-electron chi connectivity index (χ3n) is 2.68. The van der Waals surface area contributed by atoms with Crippen molar-refractivity contribution in [2.75, 3.05) is 0 Å². The van der Waals surface area contributed by atoms with Crippen molar-refractivity contribution in [3.63, 3.8) is 0 Å². The summed E-state index contributed by atoms with van der Waals surface area (Å²) in [7, 11) is 0. The second kappa shape index (κ2) is 6.03. The van der Waals surface area contributed by atoms with Gasteiger partial charge < -0.3 is 5.11 Å². The summed E-state index contributed by atoms with van der Waals surface area (Å²) in [5.74, 6) is -0.224. The monoisotopic (exact) mass is 262 g/mol. The van der Waals surface area contributed by atoms with Crippen LogP contribution in [0.5, 0.6) is 0 Å². The first-order valence-corrected chi connectivity index (χ1v) is 6.72. The zero-order chi connectivity index (χ0) is 13.0. The smallest absolute Gasteiger partial charge is 0.124 e. The van der Waals surface area contributed by atoms with Gasteiger partial charge in [-0.2, -0.15) is 0 Å². The topological polar surface area (TPSA) is 20.2 Å². The number of aliphatic hydroxyl groups is 1. The first-order valence-electron chi connectivity index (χ1n) is 5.90. The molecule has 94 valence electrons. The summed E-state index contributed by atoms with van der Waals surface area (Å²) < 4.78 is 13.0. The van der Waals surface area contributed by atoms with E-state index in [0.717, 1.165) is 15.4 Å². The van der Waals surface area contributed by atoms with Gasteiger partial charge in [-0.05, 0) is 42.3 Å². The van der Waals surface area contributed by atoms with Crippen LogP contribution in [-0.2, 0) is 0 Å². The fraction of sp³-hybridized carbons (Fsp3) is 0.200. The van der Waals surface area contributed by atoms with E-state index in [2.05, 4.69) is 0 Å². The lowest BCUT2D eigenvalue weighted by Crippen LogP contribution is -1.93. The fourth-order valence-corrected chi connectivity index (χ4v) is 2.52. The summed E-state index contributed by atoms with van der Waals surface area (Å²) in [5, 5.41) is 9.69. The van der Waals surface area contributed by atoms with E-state index in [-0.39, 0.29) is 5.82 Å². The summed E-state index contributed by atoms with van der Waals surface area (Å²) in [6.07, 6.45) is 0.300. The highest BCUT2D eigenvalue weighted by atomic mass is 32.2. The predicted octanol–water partition coefficient (Wildman–Crippen LogP) is 4.42. The summed E-state index contributed by atoms with van der Waals surface area (Å²) in [4.78, 5) is 1.91. The Morgan fingerprint density at radius 3 is 2.44 bits per heavy atom. The van der Waals surface area contributed by atoms with Gasteiger partial charge in [0.05, 0.1) is 6.10 Å². The summed E-state index contributed by atoms with van der Waals surface area (Å²) in [6.45, 7) is 1.94. The van der Waals surface area contributed by atoms with Crippen LogP contribution in [0.1, 0.15) is 25.0 Å². The molecule has 0 saturated heterocycles. The molecule has 0 spiro atoms. The average Bonchev–Trinajstić information content (AvgIpc) is 2.39. The minimum absolute atomic E-state index is 0.224. The molecular formula is C15H15FOS. The van der Waals surface area contributed by atoms with E-state index in [1.807, 2.05) is 37.3 Å². The Balaban J connectivity index is 2.11. The zero-order valence-corrected chi connectivity index (χ0v) is 11.0. The predicted molar refractivity (Wildman–Crippen MR) is 72.2 cm³/mol. The number of rotatable bonds is 4. The molecule has 2 rings (SSSR count). The van der Waals surface area contributed by atoms with Gasteiger partial charge in [0.15, 0.2) is 0 Å². The quantitative estimate of drug-likeness (QED) is 0.880. The van der Waals surface area contributed by atoms with Crippen molar-refractivity contribution < 1.29 is 9.50 Å². The minimum Gasteiger partial charge on any atom is -0.388 e. The van der Waals surface area contributed by atoms with Gasteiger partial charge in [-0.15, -0.1) is 0 Å². The lowest BCUT2D eigenvalue weighted by molar-refractivity contribution is 0.173. The Labute approximate surface area is 111 Å². The molecule has 0 heterocycles.